The van der Waals surface area contributed by atoms with E-state index in [1.807, 2.05) is 6.92 Å². The van der Waals surface area contributed by atoms with Crippen LogP contribution in [0.1, 0.15) is 13.8 Å². The summed E-state index contributed by atoms with van der Waals surface area (Å²) in [4.78, 5) is 2.06. The summed E-state index contributed by atoms with van der Waals surface area (Å²) < 4.78 is 5.22. The van der Waals surface area contributed by atoms with Crippen LogP contribution in [-0.4, -0.2) is 36.5 Å². The van der Waals surface area contributed by atoms with Crippen LogP contribution in [-0.2, 0) is 4.74 Å². The molecule has 58 valence electrons. The zero-order valence-corrected chi connectivity index (χ0v) is 6.55. The molecule has 0 aromatic carbocycles. The molecule has 1 heterocycles. The number of amidine groups is 1. The van der Waals surface area contributed by atoms with Crippen molar-refractivity contribution in [3.63, 3.8) is 0 Å². The van der Waals surface area contributed by atoms with Crippen LogP contribution in [0, 0.1) is 5.41 Å². The van der Waals surface area contributed by atoms with E-state index in [4.69, 9.17) is 10.1 Å². The van der Waals surface area contributed by atoms with E-state index in [1.54, 1.807) is 0 Å². The van der Waals surface area contributed by atoms with Crippen molar-refractivity contribution in [1.82, 2.24) is 4.90 Å². The predicted molar refractivity (Wildman–Crippen MR) is 40.4 cm³/mol. The Balaban J connectivity index is 2.47. The molecule has 1 aliphatic rings. The zero-order valence-electron chi connectivity index (χ0n) is 6.55. The lowest BCUT2D eigenvalue weighted by Gasteiger charge is -2.34. The van der Waals surface area contributed by atoms with Gasteiger partial charge in [-0.25, -0.2) is 0 Å². The third kappa shape index (κ3) is 1.48. The Kier molecular flexibility index (Phi) is 2.27. The molecule has 1 unspecified atom stereocenters. The maximum absolute atomic E-state index is 7.39. The summed E-state index contributed by atoms with van der Waals surface area (Å²) >= 11 is 0. The molecule has 1 rings (SSSR count). The van der Waals surface area contributed by atoms with Crippen molar-refractivity contribution >= 4 is 5.84 Å². The van der Waals surface area contributed by atoms with E-state index in [-0.39, 0.29) is 0 Å². The highest BCUT2D eigenvalue weighted by Crippen LogP contribution is 2.05. The third-order valence-corrected chi connectivity index (χ3v) is 1.80. The van der Waals surface area contributed by atoms with Crippen molar-refractivity contribution < 1.29 is 4.74 Å². The Hall–Kier alpha value is -0.570. The van der Waals surface area contributed by atoms with Crippen molar-refractivity contribution in [3.05, 3.63) is 0 Å². The van der Waals surface area contributed by atoms with E-state index in [0.29, 0.717) is 11.9 Å². The van der Waals surface area contributed by atoms with Gasteiger partial charge in [0.25, 0.3) is 0 Å². The van der Waals surface area contributed by atoms with Crippen LogP contribution in [0.4, 0.5) is 0 Å². The Morgan fingerprint density at radius 2 is 2.40 bits per heavy atom. The van der Waals surface area contributed by atoms with Gasteiger partial charge in [-0.2, -0.15) is 0 Å². The van der Waals surface area contributed by atoms with Crippen molar-refractivity contribution in [2.45, 2.75) is 19.9 Å². The van der Waals surface area contributed by atoms with E-state index < -0.39 is 0 Å². The topological polar surface area (TPSA) is 36.3 Å². The largest absolute Gasteiger partial charge is 0.377 e. The summed E-state index contributed by atoms with van der Waals surface area (Å²) in [5, 5.41) is 7.39. The number of nitrogens with one attached hydrogen (secondary N) is 1. The fourth-order valence-electron chi connectivity index (χ4n) is 1.23. The smallest absolute Gasteiger partial charge is 0.0929 e. The number of morpholine rings is 1. The highest BCUT2D eigenvalue weighted by Gasteiger charge is 2.18. The van der Waals surface area contributed by atoms with Gasteiger partial charge in [-0.05, 0) is 13.8 Å². The molecule has 10 heavy (non-hydrogen) atoms. The normalized spacial score (nSPS) is 26.6. The summed E-state index contributed by atoms with van der Waals surface area (Å²) in [5.74, 6) is 0.649. The summed E-state index contributed by atoms with van der Waals surface area (Å²) in [6, 6.07) is 0.381. The molecule has 1 saturated heterocycles. The quantitative estimate of drug-likeness (QED) is 0.399. The third-order valence-electron chi connectivity index (χ3n) is 1.80. The monoisotopic (exact) mass is 142 g/mol. The molecule has 1 atom stereocenters. The molecule has 1 N–H and O–H groups in total. The van der Waals surface area contributed by atoms with Gasteiger partial charge in [0.05, 0.1) is 25.1 Å². The number of ether oxygens (including phenoxy) is 1. The Morgan fingerprint density at radius 1 is 1.70 bits per heavy atom. The van der Waals surface area contributed by atoms with E-state index in [0.717, 1.165) is 19.8 Å². The van der Waals surface area contributed by atoms with E-state index in [2.05, 4.69) is 11.8 Å². The van der Waals surface area contributed by atoms with Crippen molar-refractivity contribution in [2.75, 3.05) is 19.8 Å². The van der Waals surface area contributed by atoms with Crippen LogP contribution >= 0.6 is 0 Å². The molecule has 1 aliphatic heterocycles. The Morgan fingerprint density at radius 3 is 2.80 bits per heavy atom. The molecule has 0 bridgehead atoms. The summed E-state index contributed by atoms with van der Waals surface area (Å²) in [7, 11) is 0. The molecule has 0 radical (unpaired) electrons. The van der Waals surface area contributed by atoms with E-state index in [9.17, 15) is 0 Å². The minimum Gasteiger partial charge on any atom is -0.377 e. The minimum absolute atomic E-state index is 0.381. The van der Waals surface area contributed by atoms with Crippen LogP contribution in [0.2, 0.25) is 0 Å². The van der Waals surface area contributed by atoms with Gasteiger partial charge in [0, 0.05) is 6.54 Å². The minimum atomic E-state index is 0.381. The molecule has 1 fully saturated rings. The molecule has 0 amide bonds. The van der Waals surface area contributed by atoms with Crippen LogP contribution in [0.5, 0.6) is 0 Å². The highest BCUT2D eigenvalue weighted by atomic mass is 16.5. The van der Waals surface area contributed by atoms with Gasteiger partial charge in [-0.1, -0.05) is 0 Å². The first kappa shape index (κ1) is 7.54. The van der Waals surface area contributed by atoms with E-state index >= 15 is 0 Å². The second kappa shape index (κ2) is 3.01. The van der Waals surface area contributed by atoms with E-state index in [1.165, 1.54) is 0 Å². The van der Waals surface area contributed by atoms with Crippen molar-refractivity contribution in [3.8, 4) is 0 Å². The van der Waals surface area contributed by atoms with Gasteiger partial charge >= 0.3 is 0 Å². The van der Waals surface area contributed by atoms with Crippen molar-refractivity contribution in [2.24, 2.45) is 0 Å². The number of hydrogen-bond acceptors (Lipinski definition) is 2. The fourth-order valence-corrected chi connectivity index (χ4v) is 1.23. The van der Waals surface area contributed by atoms with Gasteiger partial charge in [-0.15, -0.1) is 0 Å². The summed E-state index contributed by atoms with van der Waals surface area (Å²) in [6.45, 7) is 6.30. The molecule has 3 nitrogen and oxygen atoms in total. The maximum atomic E-state index is 7.39. The number of nitrogens with zero attached hydrogens (tertiary/aromatic N) is 1. The lowest BCUT2D eigenvalue weighted by molar-refractivity contribution is 0.0326. The molecule has 0 aliphatic carbocycles. The lowest BCUT2D eigenvalue weighted by atomic mass is 10.2. The molecule has 0 spiro atoms. The average Bonchev–Trinajstić information content (AvgIpc) is 1.88. The second-order valence-electron chi connectivity index (χ2n) is 2.70. The van der Waals surface area contributed by atoms with Crippen molar-refractivity contribution in [1.29, 1.82) is 5.41 Å². The Bertz CT molecular complexity index is 136. The van der Waals surface area contributed by atoms with Crippen LogP contribution < -0.4 is 0 Å². The zero-order chi connectivity index (χ0) is 7.56. The standard InChI is InChI=1S/C7H14N2O/c1-6-5-10-4-3-9(6)7(2)8/h6,8H,3-5H2,1-2H3. The molecular weight excluding hydrogens is 128 g/mol. The fraction of sp³-hybridized carbons (Fsp3) is 0.857. The average molecular weight is 142 g/mol. The first-order valence-corrected chi connectivity index (χ1v) is 3.61. The first-order valence-electron chi connectivity index (χ1n) is 3.61. The van der Waals surface area contributed by atoms with Crippen LogP contribution in [0.25, 0.3) is 0 Å². The van der Waals surface area contributed by atoms with Crippen LogP contribution in [0.3, 0.4) is 0 Å². The van der Waals surface area contributed by atoms with Gasteiger partial charge in [0.1, 0.15) is 0 Å². The van der Waals surface area contributed by atoms with Crippen LogP contribution in [0.15, 0.2) is 0 Å². The molecule has 0 saturated carbocycles. The summed E-state index contributed by atoms with van der Waals surface area (Å²) in [5.41, 5.74) is 0. The van der Waals surface area contributed by atoms with Gasteiger partial charge in [-0.3, -0.25) is 5.41 Å². The first-order chi connectivity index (χ1) is 4.72. The number of rotatable bonds is 0. The maximum Gasteiger partial charge on any atom is 0.0929 e. The molecular formula is C7H14N2O. The molecule has 3 heteroatoms. The lowest BCUT2D eigenvalue weighted by Crippen LogP contribution is -2.45. The van der Waals surface area contributed by atoms with Gasteiger partial charge in [0.15, 0.2) is 0 Å². The molecule has 0 aromatic heterocycles. The Labute approximate surface area is 61.5 Å². The van der Waals surface area contributed by atoms with Gasteiger partial charge < -0.3 is 9.64 Å². The highest BCUT2D eigenvalue weighted by molar-refractivity contribution is 5.76. The molecule has 0 aromatic rings. The number of hydrogen-bond donors (Lipinski definition) is 1. The SMILES string of the molecule is CC(=N)N1CCOCC1C. The predicted octanol–water partition coefficient (Wildman–Crippen LogP) is 0.704. The van der Waals surface area contributed by atoms with Gasteiger partial charge in [0.2, 0.25) is 0 Å². The second-order valence-corrected chi connectivity index (χ2v) is 2.70. The summed E-state index contributed by atoms with van der Waals surface area (Å²) in [6.07, 6.45) is 0.